The van der Waals surface area contributed by atoms with Crippen molar-refractivity contribution in [3.8, 4) is 0 Å². The number of carbonyl (C=O) groups is 3. The number of carbonyl (C=O) groups excluding carboxylic acids is 3. The molecule has 0 unspecified atom stereocenters. The van der Waals surface area contributed by atoms with E-state index in [0.717, 1.165) is 18.8 Å². The first-order chi connectivity index (χ1) is 9.36. The van der Waals surface area contributed by atoms with Crippen molar-refractivity contribution in [2.75, 3.05) is 0 Å². The third-order valence-electron chi connectivity index (χ3n) is 2.36. The van der Waals surface area contributed by atoms with Gasteiger partial charge in [0.05, 0.1) is 38.0 Å². The van der Waals surface area contributed by atoms with E-state index >= 15 is 0 Å². The van der Waals surface area contributed by atoms with Crippen molar-refractivity contribution < 1.29 is 28.6 Å². The Labute approximate surface area is 117 Å². The van der Waals surface area contributed by atoms with E-state index in [1.807, 2.05) is 0 Å². The van der Waals surface area contributed by atoms with Gasteiger partial charge in [0.25, 0.3) is 0 Å². The summed E-state index contributed by atoms with van der Waals surface area (Å²) in [7, 11) is 0. The van der Waals surface area contributed by atoms with Gasteiger partial charge in [-0.3, -0.25) is 14.4 Å². The Morgan fingerprint density at radius 2 is 1.05 bits per heavy atom. The lowest BCUT2D eigenvalue weighted by molar-refractivity contribution is -0.147. The molecule has 0 radical (unpaired) electrons. The number of ether oxygens (including phenoxy) is 3. The molecule has 0 heterocycles. The third-order valence-corrected chi connectivity index (χ3v) is 2.36. The summed E-state index contributed by atoms with van der Waals surface area (Å²) in [6.45, 7) is 11.4. The maximum absolute atomic E-state index is 11.5. The fourth-order valence-corrected chi connectivity index (χ4v) is 1.64. The lowest BCUT2D eigenvalue weighted by Crippen LogP contribution is -2.28. The maximum Gasteiger partial charge on any atom is 0.311 e. The number of hydrogen-bond donors (Lipinski definition) is 0. The highest BCUT2D eigenvalue weighted by Crippen LogP contribution is 2.32. The molecule has 0 fully saturated rings. The van der Waals surface area contributed by atoms with Crippen LogP contribution in [0.25, 0.3) is 0 Å². The molecule has 0 atom stereocenters. The van der Waals surface area contributed by atoms with Gasteiger partial charge in [-0.05, 0) is 5.41 Å². The summed E-state index contributed by atoms with van der Waals surface area (Å²) in [4.78, 5) is 34.5. The van der Waals surface area contributed by atoms with Crippen molar-refractivity contribution in [3.63, 3.8) is 0 Å². The molecule has 0 rings (SSSR count). The minimum atomic E-state index is -1.000. The molecule has 0 amide bonds. The zero-order chi connectivity index (χ0) is 15.6. The van der Waals surface area contributed by atoms with E-state index in [-0.39, 0.29) is 19.3 Å². The molecular weight excluding hydrogens is 264 g/mol. The van der Waals surface area contributed by atoms with Crippen molar-refractivity contribution in [2.24, 2.45) is 5.41 Å². The highest BCUT2D eigenvalue weighted by Gasteiger charge is 2.34. The quantitative estimate of drug-likeness (QED) is 0.366. The van der Waals surface area contributed by atoms with Crippen LogP contribution in [0.3, 0.4) is 0 Å². The van der Waals surface area contributed by atoms with E-state index < -0.39 is 23.3 Å². The summed E-state index contributed by atoms with van der Waals surface area (Å²) in [5, 5.41) is 0. The van der Waals surface area contributed by atoms with Crippen LogP contribution in [0.15, 0.2) is 38.5 Å². The second-order valence-electron chi connectivity index (χ2n) is 4.31. The average molecular weight is 282 g/mol. The molecule has 0 saturated carbocycles. The fraction of sp³-hybridized carbons (Fsp3) is 0.357. The van der Waals surface area contributed by atoms with Crippen molar-refractivity contribution in [2.45, 2.75) is 26.2 Å². The second kappa shape index (κ2) is 8.68. The summed E-state index contributed by atoms with van der Waals surface area (Å²) >= 11 is 0. The Morgan fingerprint density at radius 3 is 1.25 bits per heavy atom. The van der Waals surface area contributed by atoms with Crippen LogP contribution in [0.2, 0.25) is 0 Å². The second-order valence-corrected chi connectivity index (χ2v) is 4.31. The van der Waals surface area contributed by atoms with Gasteiger partial charge in [0.2, 0.25) is 0 Å². The third kappa shape index (κ3) is 7.15. The average Bonchev–Trinajstić information content (AvgIpc) is 2.28. The minimum Gasteiger partial charge on any atom is -0.435 e. The first-order valence-electron chi connectivity index (χ1n) is 5.78. The Balaban J connectivity index is 4.89. The Kier molecular flexibility index (Phi) is 7.65. The molecule has 110 valence electrons. The van der Waals surface area contributed by atoms with Crippen LogP contribution in [-0.4, -0.2) is 17.9 Å². The van der Waals surface area contributed by atoms with Crippen LogP contribution in [0.4, 0.5) is 0 Å². The van der Waals surface area contributed by atoms with Gasteiger partial charge in [-0.25, -0.2) is 0 Å². The summed E-state index contributed by atoms with van der Waals surface area (Å²) in [5.41, 5.74) is -1.000. The predicted molar refractivity (Wildman–Crippen MR) is 70.8 cm³/mol. The zero-order valence-electron chi connectivity index (χ0n) is 11.4. The topological polar surface area (TPSA) is 78.9 Å². The molecule has 0 spiro atoms. The van der Waals surface area contributed by atoms with Crippen LogP contribution in [-0.2, 0) is 28.6 Å². The molecule has 6 heteroatoms. The predicted octanol–water partition coefficient (Wildman–Crippen LogP) is 2.22. The van der Waals surface area contributed by atoms with E-state index in [0.29, 0.717) is 0 Å². The smallest absolute Gasteiger partial charge is 0.311 e. The van der Waals surface area contributed by atoms with Crippen molar-refractivity contribution in [1.29, 1.82) is 0 Å². The van der Waals surface area contributed by atoms with Crippen LogP contribution < -0.4 is 0 Å². The van der Waals surface area contributed by atoms with Gasteiger partial charge in [-0.2, -0.15) is 0 Å². The van der Waals surface area contributed by atoms with Crippen molar-refractivity contribution >= 4 is 17.9 Å². The molecule has 0 bridgehead atoms. The fourth-order valence-electron chi connectivity index (χ4n) is 1.64. The zero-order valence-corrected chi connectivity index (χ0v) is 11.4. The minimum absolute atomic E-state index is 0.169. The first kappa shape index (κ1) is 17.6. The Morgan fingerprint density at radius 1 is 0.800 bits per heavy atom. The number of hydrogen-bond acceptors (Lipinski definition) is 6. The van der Waals surface area contributed by atoms with E-state index in [4.69, 9.17) is 0 Å². The van der Waals surface area contributed by atoms with Gasteiger partial charge in [0, 0.05) is 0 Å². The highest BCUT2D eigenvalue weighted by atomic mass is 16.5. The maximum atomic E-state index is 11.5. The van der Waals surface area contributed by atoms with Crippen molar-refractivity contribution in [3.05, 3.63) is 38.5 Å². The van der Waals surface area contributed by atoms with E-state index in [1.54, 1.807) is 6.92 Å². The molecule has 0 aromatic rings. The van der Waals surface area contributed by atoms with Crippen molar-refractivity contribution in [1.82, 2.24) is 0 Å². The van der Waals surface area contributed by atoms with Gasteiger partial charge >= 0.3 is 17.9 Å². The molecule has 20 heavy (non-hydrogen) atoms. The number of esters is 3. The summed E-state index contributed by atoms with van der Waals surface area (Å²) in [6.07, 6.45) is 2.43. The molecule has 0 saturated heterocycles. The van der Waals surface area contributed by atoms with E-state index in [1.165, 1.54) is 0 Å². The summed E-state index contributed by atoms with van der Waals surface area (Å²) < 4.78 is 13.8. The normalized spacial score (nSPS) is 10.1. The molecule has 0 aliphatic heterocycles. The molecule has 0 aromatic heterocycles. The Hall–Kier alpha value is -2.37. The van der Waals surface area contributed by atoms with Gasteiger partial charge < -0.3 is 14.2 Å². The summed E-state index contributed by atoms with van der Waals surface area (Å²) in [6, 6.07) is 0. The van der Waals surface area contributed by atoms with Gasteiger partial charge in [0.15, 0.2) is 0 Å². The van der Waals surface area contributed by atoms with Crippen LogP contribution in [0.5, 0.6) is 0 Å². The Bertz CT molecular complexity index is 350. The molecule has 0 aliphatic rings. The largest absolute Gasteiger partial charge is 0.435 e. The molecule has 0 aliphatic carbocycles. The summed E-state index contributed by atoms with van der Waals surface area (Å²) in [5.74, 6) is -1.83. The standard InChI is InChI=1S/C14H18O6/c1-5-18-11(15)8-14(4,9-12(16)19-6-2)10-13(17)20-7-3/h5-7H,1-3,8-10H2,4H3. The van der Waals surface area contributed by atoms with E-state index in [2.05, 4.69) is 33.9 Å². The molecule has 0 N–H and O–H groups in total. The lowest BCUT2D eigenvalue weighted by atomic mass is 9.80. The van der Waals surface area contributed by atoms with Crippen LogP contribution in [0.1, 0.15) is 26.2 Å². The van der Waals surface area contributed by atoms with E-state index in [9.17, 15) is 14.4 Å². The highest BCUT2D eigenvalue weighted by molar-refractivity contribution is 5.78. The lowest BCUT2D eigenvalue weighted by Gasteiger charge is -2.25. The first-order valence-corrected chi connectivity index (χ1v) is 5.78. The van der Waals surface area contributed by atoms with Crippen LogP contribution >= 0.6 is 0 Å². The SMILES string of the molecule is C=COC(=O)CC(C)(CC(=O)OC=C)CC(=O)OC=C. The molecule has 0 aromatic carbocycles. The molecule has 6 nitrogen and oxygen atoms in total. The van der Waals surface area contributed by atoms with Gasteiger partial charge in [-0.1, -0.05) is 26.7 Å². The molecular formula is C14H18O6. The van der Waals surface area contributed by atoms with Gasteiger partial charge in [-0.15, -0.1) is 0 Å². The van der Waals surface area contributed by atoms with Gasteiger partial charge in [0.1, 0.15) is 0 Å². The monoisotopic (exact) mass is 282 g/mol. The van der Waals surface area contributed by atoms with Crippen LogP contribution in [0, 0.1) is 5.41 Å². The number of rotatable bonds is 9.